The van der Waals surface area contributed by atoms with Crippen LogP contribution >= 0.6 is 11.6 Å². The van der Waals surface area contributed by atoms with E-state index in [1.165, 1.54) is 0 Å². The van der Waals surface area contributed by atoms with E-state index in [4.69, 9.17) is 16.3 Å². The van der Waals surface area contributed by atoms with Crippen LogP contribution in [-0.4, -0.2) is 52.1 Å². The number of halogens is 1. The molecule has 134 valence electrons. The number of sulfone groups is 1. The molecule has 2 atom stereocenters. The third-order valence-electron chi connectivity index (χ3n) is 3.84. The molecular formula is C16H24ClN3O3S. The number of nitrogens with one attached hydrogen (secondary N) is 2. The van der Waals surface area contributed by atoms with Gasteiger partial charge in [-0.1, -0.05) is 23.7 Å². The summed E-state index contributed by atoms with van der Waals surface area (Å²) in [6, 6.07) is 7.39. The van der Waals surface area contributed by atoms with Gasteiger partial charge in [-0.05, 0) is 31.0 Å². The average Bonchev–Trinajstić information content (AvgIpc) is 2.87. The van der Waals surface area contributed by atoms with E-state index in [-0.39, 0.29) is 23.7 Å². The Morgan fingerprint density at radius 1 is 1.50 bits per heavy atom. The molecule has 0 radical (unpaired) electrons. The number of methoxy groups -OCH3 is 1. The second-order valence-electron chi connectivity index (χ2n) is 5.74. The number of ether oxygens (including phenoxy) is 1. The smallest absolute Gasteiger partial charge is 0.191 e. The zero-order valence-electron chi connectivity index (χ0n) is 14.0. The van der Waals surface area contributed by atoms with Crippen molar-refractivity contribution in [3.05, 3.63) is 34.9 Å². The summed E-state index contributed by atoms with van der Waals surface area (Å²) in [5.74, 6) is 0.982. The summed E-state index contributed by atoms with van der Waals surface area (Å²) >= 11 is 6.03. The third-order valence-corrected chi connectivity index (χ3v) is 5.84. The van der Waals surface area contributed by atoms with Crippen molar-refractivity contribution in [2.75, 3.05) is 31.7 Å². The van der Waals surface area contributed by atoms with Gasteiger partial charge in [0.2, 0.25) is 0 Å². The summed E-state index contributed by atoms with van der Waals surface area (Å²) in [4.78, 5) is 4.53. The number of aliphatic imine (C=N–C) groups is 1. The van der Waals surface area contributed by atoms with Crippen LogP contribution in [0.4, 0.5) is 0 Å². The van der Waals surface area contributed by atoms with Crippen molar-refractivity contribution in [3.8, 4) is 0 Å². The van der Waals surface area contributed by atoms with Gasteiger partial charge >= 0.3 is 0 Å². The first-order valence-electron chi connectivity index (χ1n) is 7.97. The van der Waals surface area contributed by atoms with Gasteiger partial charge in [0.05, 0.1) is 18.1 Å². The SMILES string of the molecule is CCNC(=NCC(OC)c1cccc(Cl)c1)NC1CCS(=O)(=O)C1. The van der Waals surface area contributed by atoms with Crippen molar-refractivity contribution < 1.29 is 13.2 Å². The van der Waals surface area contributed by atoms with E-state index < -0.39 is 9.84 Å². The van der Waals surface area contributed by atoms with Gasteiger partial charge in [0.25, 0.3) is 0 Å². The molecular weight excluding hydrogens is 350 g/mol. The highest BCUT2D eigenvalue weighted by atomic mass is 35.5. The van der Waals surface area contributed by atoms with Crippen LogP contribution in [0.2, 0.25) is 5.02 Å². The quantitative estimate of drug-likeness (QED) is 0.586. The lowest BCUT2D eigenvalue weighted by Gasteiger charge is -2.18. The zero-order chi connectivity index (χ0) is 17.6. The first-order chi connectivity index (χ1) is 11.4. The number of hydrogen-bond donors (Lipinski definition) is 2. The molecule has 0 amide bonds. The molecule has 1 aliphatic heterocycles. The van der Waals surface area contributed by atoms with Crippen molar-refractivity contribution in [1.82, 2.24) is 10.6 Å². The lowest BCUT2D eigenvalue weighted by atomic mass is 10.1. The first kappa shape index (κ1) is 19.0. The zero-order valence-corrected chi connectivity index (χ0v) is 15.5. The molecule has 1 aliphatic rings. The van der Waals surface area contributed by atoms with Crippen LogP contribution in [-0.2, 0) is 14.6 Å². The topological polar surface area (TPSA) is 79.8 Å². The minimum Gasteiger partial charge on any atom is -0.375 e. The maximum absolute atomic E-state index is 11.6. The van der Waals surface area contributed by atoms with Crippen LogP contribution in [0.5, 0.6) is 0 Å². The molecule has 1 fully saturated rings. The molecule has 2 unspecified atom stereocenters. The van der Waals surface area contributed by atoms with Gasteiger partial charge in [-0.3, -0.25) is 4.99 Å². The molecule has 1 aromatic rings. The Balaban J connectivity index is 2.03. The average molecular weight is 374 g/mol. The van der Waals surface area contributed by atoms with Crippen LogP contribution in [0, 0.1) is 0 Å². The summed E-state index contributed by atoms with van der Waals surface area (Å²) in [5, 5.41) is 6.99. The van der Waals surface area contributed by atoms with E-state index in [9.17, 15) is 8.42 Å². The molecule has 1 aromatic carbocycles. The van der Waals surface area contributed by atoms with E-state index in [0.717, 1.165) is 5.56 Å². The maximum Gasteiger partial charge on any atom is 0.191 e. The summed E-state index contributed by atoms with van der Waals surface area (Å²) in [5.41, 5.74) is 0.952. The Labute approximate surface area is 148 Å². The van der Waals surface area contributed by atoms with Crippen LogP contribution in [0.3, 0.4) is 0 Å². The number of benzene rings is 1. The summed E-state index contributed by atoms with van der Waals surface area (Å²) < 4.78 is 28.7. The monoisotopic (exact) mass is 373 g/mol. The Morgan fingerprint density at radius 3 is 2.88 bits per heavy atom. The van der Waals surface area contributed by atoms with Gasteiger partial charge in [0, 0.05) is 24.7 Å². The fourth-order valence-corrected chi connectivity index (χ4v) is 4.49. The Kier molecular flexibility index (Phi) is 6.89. The van der Waals surface area contributed by atoms with Gasteiger partial charge in [0.15, 0.2) is 15.8 Å². The van der Waals surface area contributed by atoms with Gasteiger partial charge in [-0.25, -0.2) is 8.42 Å². The number of guanidine groups is 1. The predicted octanol–water partition coefficient (Wildman–Crippen LogP) is 1.77. The molecule has 2 rings (SSSR count). The van der Waals surface area contributed by atoms with Crippen molar-refractivity contribution in [2.24, 2.45) is 4.99 Å². The Hall–Kier alpha value is -1.31. The van der Waals surface area contributed by atoms with Crippen LogP contribution in [0.15, 0.2) is 29.3 Å². The highest BCUT2D eigenvalue weighted by molar-refractivity contribution is 7.91. The second kappa shape index (κ2) is 8.69. The Bertz CT molecular complexity index is 679. The third kappa shape index (κ3) is 5.65. The van der Waals surface area contributed by atoms with E-state index in [1.807, 2.05) is 31.2 Å². The molecule has 0 aliphatic carbocycles. The predicted molar refractivity (Wildman–Crippen MR) is 97.4 cm³/mol. The molecule has 6 nitrogen and oxygen atoms in total. The van der Waals surface area contributed by atoms with Crippen molar-refractivity contribution in [2.45, 2.75) is 25.5 Å². The number of hydrogen-bond acceptors (Lipinski definition) is 4. The number of rotatable bonds is 6. The van der Waals surface area contributed by atoms with Crippen LogP contribution < -0.4 is 10.6 Å². The minimum absolute atomic E-state index is 0.0973. The van der Waals surface area contributed by atoms with E-state index in [1.54, 1.807) is 7.11 Å². The van der Waals surface area contributed by atoms with E-state index >= 15 is 0 Å². The minimum atomic E-state index is -2.92. The van der Waals surface area contributed by atoms with Crippen LogP contribution in [0.1, 0.15) is 25.0 Å². The molecule has 0 aromatic heterocycles. The lowest BCUT2D eigenvalue weighted by Crippen LogP contribution is -2.44. The highest BCUT2D eigenvalue weighted by Crippen LogP contribution is 2.20. The molecule has 8 heteroatoms. The normalized spacial score (nSPS) is 21.5. The van der Waals surface area contributed by atoms with E-state index in [2.05, 4.69) is 15.6 Å². The van der Waals surface area contributed by atoms with Crippen molar-refractivity contribution >= 4 is 27.4 Å². The van der Waals surface area contributed by atoms with Gasteiger partial charge in [0.1, 0.15) is 6.10 Å². The Morgan fingerprint density at radius 2 is 2.29 bits per heavy atom. The molecule has 0 spiro atoms. The first-order valence-corrected chi connectivity index (χ1v) is 10.2. The molecule has 2 N–H and O–H groups in total. The molecule has 0 bridgehead atoms. The molecule has 24 heavy (non-hydrogen) atoms. The highest BCUT2D eigenvalue weighted by Gasteiger charge is 2.28. The second-order valence-corrected chi connectivity index (χ2v) is 8.41. The van der Waals surface area contributed by atoms with Crippen LogP contribution in [0.25, 0.3) is 0 Å². The van der Waals surface area contributed by atoms with E-state index in [0.29, 0.717) is 30.5 Å². The summed E-state index contributed by atoms with van der Waals surface area (Å²) in [7, 11) is -1.29. The maximum atomic E-state index is 11.6. The molecule has 1 heterocycles. The summed E-state index contributed by atoms with van der Waals surface area (Å²) in [6.07, 6.45) is 0.390. The largest absolute Gasteiger partial charge is 0.375 e. The van der Waals surface area contributed by atoms with Gasteiger partial charge < -0.3 is 15.4 Å². The fraction of sp³-hybridized carbons (Fsp3) is 0.562. The van der Waals surface area contributed by atoms with Crippen molar-refractivity contribution in [1.29, 1.82) is 0 Å². The lowest BCUT2D eigenvalue weighted by molar-refractivity contribution is 0.111. The number of nitrogens with zero attached hydrogens (tertiary/aromatic N) is 1. The van der Waals surface area contributed by atoms with Gasteiger partial charge in [-0.15, -0.1) is 0 Å². The standard InChI is InChI=1S/C16H24ClN3O3S/c1-3-18-16(20-14-7-8-24(21,22)11-14)19-10-15(23-2)12-5-4-6-13(17)9-12/h4-6,9,14-15H,3,7-8,10-11H2,1-2H3,(H2,18,19,20). The molecule has 1 saturated heterocycles. The van der Waals surface area contributed by atoms with Crippen molar-refractivity contribution in [3.63, 3.8) is 0 Å². The molecule has 0 saturated carbocycles. The fourth-order valence-electron chi connectivity index (χ4n) is 2.62. The van der Waals surface area contributed by atoms with Gasteiger partial charge in [-0.2, -0.15) is 0 Å². The summed E-state index contributed by atoms with van der Waals surface area (Å²) in [6.45, 7) is 3.07.